The van der Waals surface area contributed by atoms with Crippen LogP contribution in [0.2, 0.25) is 0 Å². The first-order chi connectivity index (χ1) is 12.6. The summed E-state index contributed by atoms with van der Waals surface area (Å²) in [6.07, 6.45) is 0. The zero-order valence-corrected chi connectivity index (χ0v) is 15.4. The number of halogens is 1. The van der Waals surface area contributed by atoms with Gasteiger partial charge < -0.3 is 9.90 Å². The molecule has 0 aromatic heterocycles. The van der Waals surface area contributed by atoms with Crippen molar-refractivity contribution in [2.75, 3.05) is 0 Å². The molecule has 0 bridgehead atoms. The highest BCUT2D eigenvalue weighted by atomic mass is 79.9. The highest BCUT2D eigenvalue weighted by Crippen LogP contribution is 2.41. The monoisotopic (exact) mass is 401 g/mol. The predicted octanol–water partition coefficient (Wildman–Crippen LogP) is 5.30. The van der Waals surface area contributed by atoms with E-state index in [-0.39, 0.29) is 5.56 Å². The maximum Gasteiger partial charge on any atom is 0.0715 e. The van der Waals surface area contributed by atoms with Crippen LogP contribution in [0.4, 0.5) is 0 Å². The van der Waals surface area contributed by atoms with Crippen molar-refractivity contribution in [2.45, 2.75) is 0 Å². The molecule has 3 heteroatoms. The number of carbonyl (C=O) groups excluding carboxylic acids is 1. The molecule has 0 N–H and O–H groups in total. The molecule has 0 saturated carbocycles. The molecule has 0 amide bonds. The van der Waals surface area contributed by atoms with Gasteiger partial charge >= 0.3 is 0 Å². The topological polar surface area (TPSA) is 40.1 Å². The van der Waals surface area contributed by atoms with Gasteiger partial charge in [-0.1, -0.05) is 88.7 Å². The van der Waals surface area contributed by atoms with Crippen LogP contribution < -0.4 is 5.11 Å². The molecule has 26 heavy (non-hydrogen) atoms. The van der Waals surface area contributed by atoms with Gasteiger partial charge in [0.05, 0.1) is 5.97 Å². The fraction of sp³-hybridized carbons (Fsp3) is 0. The van der Waals surface area contributed by atoms with E-state index in [1.165, 1.54) is 0 Å². The van der Waals surface area contributed by atoms with Crippen LogP contribution in [0.3, 0.4) is 0 Å². The third-order valence-corrected chi connectivity index (χ3v) is 5.09. The van der Waals surface area contributed by atoms with Crippen molar-refractivity contribution < 1.29 is 9.90 Å². The minimum atomic E-state index is -1.19. The van der Waals surface area contributed by atoms with Gasteiger partial charge in [-0.25, -0.2) is 0 Å². The molecule has 4 aromatic rings. The maximum absolute atomic E-state index is 11.5. The number of aromatic carboxylic acids is 1. The Bertz CT molecular complexity index is 1110. The van der Waals surface area contributed by atoms with Gasteiger partial charge in [0, 0.05) is 10.0 Å². The van der Waals surface area contributed by atoms with E-state index in [1.54, 1.807) is 12.1 Å². The average Bonchev–Trinajstić information content (AvgIpc) is 2.67. The number of rotatable bonds is 3. The van der Waals surface area contributed by atoms with Gasteiger partial charge in [-0.15, -0.1) is 0 Å². The van der Waals surface area contributed by atoms with E-state index >= 15 is 0 Å². The summed E-state index contributed by atoms with van der Waals surface area (Å²) in [5.74, 6) is -1.19. The van der Waals surface area contributed by atoms with E-state index in [1.807, 2.05) is 54.6 Å². The van der Waals surface area contributed by atoms with E-state index in [9.17, 15) is 9.90 Å². The lowest BCUT2D eigenvalue weighted by molar-refractivity contribution is -0.255. The molecule has 0 unspecified atom stereocenters. The summed E-state index contributed by atoms with van der Waals surface area (Å²) < 4.78 is 0.730. The number of benzene rings is 4. The van der Waals surface area contributed by atoms with Gasteiger partial charge in [0.2, 0.25) is 0 Å². The Morgan fingerprint density at radius 2 is 1.46 bits per heavy atom. The van der Waals surface area contributed by atoms with Crippen molar-refractivity contribution in [1.29, 1.82) is 0 Å². The second-order valence-corrected chi connectivity index (χ2v) is 6.92. The molecule has 0 aliphatic heterocycles. The van der Waals surface area contributed by atoms with E-state index in [4.69, 9.17) is 0 Å². The smallest absolute Gasteiger partial charge is 0.0715 e. The summed E-state index contributed by atoms with van der Waals surface area (Å²) in [5.41, 5.74) is 3.99. The summed E-state index contributed by atoms with van der Waals surface area (Å²) in [6, 6.07) is 27.4. The zero-order chi connectivity index (χ0) is 18.1. The largest absolute Gasteiger partial charge is 0.545 e. The Hall–Kier alpha value is -2.91. The minimum absolute atomic E-state index is 0.152. The second-order valence-electron chi connectivity index (χ2n) is 6.06. The van der Waals surface area contributed by atoms with Crippen molar-refractivity contribution in [3.63, 3.8) is 0 Å². The van der Waals surface area contributed by atoms with E-state index < -0.39 is 5.97 Å². The third-order valence-electron chi connectivity index (χ3n) is 4.47. The standard InChI is InChI=1S/C23H15BrO2/c24-21-14-17(23(25)26)13-20(22(21)16-8-2-1-3-9-16)19-12-6-10-15-7-4-5-11-18(15)19/h1-14H,(H,25,26)/p-1. The highest BCUT2D eigenvalue weighted by molar-refractivity contribution is 9.10. The highest BCUT2D eigenvalue weighted by Gasteiger charge is 2.15. The Morgan fingerprint density at radius 3 is 2.23 bits per heavy atom. The van der Waals surface area contributed by atoms with Crippen LogP contribution in [-0.2, 0) is 0 Å². The van der Waals surface area contributed by atoms with Crippen molar-refractivity contribution >= 4 is 32.7 Å². The zero-order valence-electron chi connectivity index (χ0n) is 13.8. The number of fused-ring (bicyclic) bond motifs is 1. The lowest BCUT2D eigenvalue weighted by Gasteiger charge is -2.17. The van der Waals surface area contributed by atoms with Crippen LogP contribution in [0, 0.1) is 0 Å². The molecule has 0 heterocycles. The number of carbonyl (C=O) groups is 1. The lowest BCUT2D eigenvalue weighted by atomic mass is 9.90. The molecule has 2 nitrogen and oxygen atoms in total. The molecule has 0 fully saturated rings. The maximum atomic E-state index is 11.5. The Kier molecular flexibility index (Phi) is 4.31. The lowest BCUT2D eigenvalue weighted by Crippen LogP contribution is -2.22. The van der Waals surface area contributed by atoms with Crippen molar-refractivity contribution in [1.82, 2.24) is 0 Å². The molecule has 0 aliphatic rings. The van der Waals surface area contributed by atoms with Crippen molar-refractivity contribution in [2.24, 2.45) is 0 Å². The summed E-state index contributed by atoms with van der Waals surface area (Å²) >= 11 is 3.57. The Balaban J connectivity index is 2.10. The molecule has 0 spiro atoms. The van der Waals surface area contributed by atoms with Crippen molar-refractivity contribution in [3.05, 3.63) is 95.0 Å². The van der Waals surface area contributed by atoms with Gasteiger partial charge in [-0.05, 0) is 45.2 Å². The van der Waals surface area contributed by atoms with Crippen molar-refractivity contribution in [3.8, 4) is 22.3 Å². The van der Waals surface area contributed by atoms with Crippen LogP contribution in [0.25, 0.3) is 33.0 Å². The average molecular weight is 402 g/mol. The predicted molar refractivity (Wildman–Crippen MR) is 107 cm³/mol. The normalized spacial score (nSPS) is 10.8. The molecular formula is C23H14BrO2-. The molecular weight excluding hydrogens is 388 g/mol. The van der Waals surface area contributed by atoms with E-state index in [2.05, 4.69) is 34.1 Å². The number of carboxylic acids is 1. The molecule has 4 aromatic carbocycles. The number of hydrogen-bond donors (Lipinski definition) is 0. The van der Waals surface area contributed by atoms with Crippen LogP contribution >= 0.6 is 15.9 Å². The summed E-state index contributed by atoms with van der Waals surface area (Å²) in [7, 11) is 0. The van der Waals surface area contributed by atoms with Gasteiger partial charge in [-0.3, -0.25) is 0 Å². The first kappa shape index (κ1) is 16.6. The van der Waals surface area contributed by atoms with Gasteiger partial charge in [0.15, 0.2) is 0 Å². The minimum Gasteiger partial charge on any atom is -0.545 e. The molecule has 4 rings (SSSR count). The fourth-order valence-corrected chi connectivity index (χ4v) is 3.98. The van der Waals surface area contributed by atoms with E-state index in [0.717, 1.165) is 37.5 Å². The molecule has 0 aliphatic carbocycles. The number of hydrogen-bond acceptors (Lipinski definition) is 2. The summed E-state index contributed by atoms with van der Waals surface area (Å²) in [4.78, 5) is 11.5. The Labute approximate surface area is 159 Å². The van der Waals surface area contributed by atoms with Crippen LogP contribution in [-0.4, -0.2) is 5.97 Å². The number of carboxylic acid groups (broad SMARTS) is 1. The summed E-state index contributed by atoms with van der Waals surface area (Å²) in [6.45, 7) is 0. The molecule has 0 radical (unpaired) electrons. The molecule has 0 atom stereocenters. The van der Waals surface area contributed by atoms with Gasteiger partial charge in [0.1, 0.15) is 0 Å². The van der Waals surface area contributed by atoms with Gasteiger partial charge in [-0.2, -0.15) is 0 Å². The SMILES string of the molecule is O=C([O-])c1cc(Br)c(-c2ccccc2)c(-c2cccc3ccccc23)c1. The first-order valence-electron chi connectivity index (χ1n) is 8.23. The van der Waals surface area contributed by atoms with E-state index in [0.29, 0.717) is 0 Å². The molecule has 126 valence electrons. The van der Waals surface area contributed by atoms with Crippen LogP contribution in [0.15, 0.2) is 89.4 Å². The summed E-state index contributed by atoms with van der Waals surface area (Å²) in [5, 5.41) is 13.7. The third kappa shape index (κ3) is 2.91. The van der Waals surface area contributed by atoms with Crippen LogP contribution in [0.5, 0.6) is 0 Å². The van der Waals surface area contributed by atoms with Gasteiger partial charge in [0.25, 0.3) is 0 Å². The molecule has 0 saturated heterocycles. The first-order valence-corrected chi connectivity index (χ1v) is 9.03. The second kappa shape index (κ2) is 6.77. The van der Waals surface area contributed by atoms with Crippen LogP contribution in [0.1, 0.15) is 10.4 Å². The quantitative estimate of drug-likeness (QED) is 0.467. The fourth-order valence-electron chi connectivity index (χ4n) is 3.30. The Morgan fingerprint density at radius 1 is 0.769 bits per heavy atom.